The van der Waals surface area contributed by atoms with Crippen molar-refractivity contribution >= 4 is 29.8 Å². The van der Waals surface area contributed by atoms with Crippen molar-refractivity contribution in [1.82, 2.24) is 20.3 Å². The van der Waals surface area contributed by atoms with E-state index in [-0.39, 0.29) is 0 Å². The molecule has 0 amide bonds. The lowest BCUT2D eigenvalue weighted by atomic mass is 10.4. The van der Waals surface area contributed by atoms with Gasteiger partial charge < -0.3 is 34.9 Å². The number of morpholine rings is 1. The molecule has 0 radical (unpaired) electrons. The van der Waals surface area contributed by atoms with E-state index in [0.29, 0.717) is 12.2 Å². The molecule has 3 heterocycles. The van der Waals surface area contributed by atoms with Crippen LogP contribution in [0.15, 0.2) is 12.2 Å². The van der Waals surface area contributed by atoms with Gasteiger partial charge in [0.25, 0.3) is 0 Å². The molecule has 2 fully saturated rings. The number of carboxylic acids is 2. The first-order valence-electron chi connectivity index (χ1n) is 9.49. The second-order valence-corrected chi connectivity index (χ2v) is 6.23. The predicted molar refractivity (Wildman–Crippen MR) is 102 cm³/mol. The first-order valence-corrected chi connectivity index (χ1v) is 9.49. The molecule has 0 bridgehead atoms. The number of aliphatic carboxylic acids is 2. The fourth-order valence-corrected chi connectivity index (χ4v) is 2.69. The number of piperazine rings is 1. The van der Waals surface area contributed by atoms with Crippen molar-refractivity contribution in [2.75, 3.05) is 68.8 Å². The summed E-state index contributed by atoms with van der Waals surface area (Å²) < 4.78 is 5.41. The number of quaternary nitrogens is 1. The number of anilines is 2. The number of nitrogens with zero attached hydrogens (tertiary/aromatic N) is 5. The standard InChI is InChI=1S/C13H23N7O.C4H4O4/c1-2-15-11-16-12(19-5-3-14-4-6-19)18-13(17-11)20-7-9-21-10-8-20;5-3(6)1-2-4(7)8/h14H,2-10H2,1H3,(H,15,16,17,18);1-2H,(H,5,6)(H,7,8)/b;2-1+. The molecular formula is C17H27N7O5. The number of carboxylic acid groups (broad SMARTS) is 2. The molecule has 3 rings (SSSR count). The van der Waals surface area contributed by atoms with Crippen LogP contribution in [-0.2, 0) is 14.3 Å². The van der Waals surface area contributed by atoms with E-state index in [1.165, 1.54) is 0 Å². The average Bonchev–Trinajstić information content (AvgIpc) is 2.74. The van der Waals surface area contributed by atoms with Crippen LogP contribution in [0.2, 0.25) is 0 Å². The van der Waals surface area contributed by atoms with Crippen LogP contribution in [0, 0.1) is 0 Å². The molecule has 0 atom stereocenters. The zero-order valence-corrected chi connectivity index (χ0v) is 16.4. The van der Waals surface area contributed by atoms with Gasteiger partial charge >= 0.3 is 11.9 Å². The number of rotatable bonds is 6. The van der Waals surface area contributed by atoms with Crippen molar-refractivity contribution in [3.05, 3.63) is 12.2 Å². The lowest BCUT2D eigenvalue weighted by molar-refractivity contribution is -0.575. The lowest BCUT2D eigenvalue weighted by Crippen LogP contribution is -2.78. The SMILES string of the molecule is CC[NH2+]c1nc(N2CCNCC2)nc(N2CCOCC2)n1.O=C([O-])/C=C/C(=O)O. The number of ether oxygens (including phenoxy) is 1. The highest BCUT2D eigenvalue weighted by Gasteiger charge is 2.21. The topological polar surface area (TPSA) is 160 Å². The summed E-state index contributed by atoms with van der Waals surface area (Å²) in [4.78, 5) is 37.3. The number of hydrogen-bond donors (Lipinski definition) is 3. The number of hydrogen-bond acceptors (Lipinski definition) is 10. The molecular weight excluding hydrogens is 382 g/mol. The van der Waals surface area contributed by atoms with Gasteiger partial charge in [0.2, 0.25) is 11.9 Å². The zero-order chi connectivity index (χ0) is 21.1. The summed E-state index contributed by atoms with van der Waals surface area (Å²) in [5.41, 5.74) is 0. The summed E-state index contributed by atoms with van der Waals surface area (Å²) in [6.07, 6.45) is 0.942. The predicted octanol–water partition coefficient (Wildman–Crippen LogP) is -3.29. The minimum absolute atomic E-state index is 0.447. The number of nitrogens with two attached hydrogens (primary N) is 1. The van der Waals surface area contributed by atoms with Crippen molar-refractivity contribution in [2.24, 2.45) is 0 Å². The molecule has 0 aromatic carbocycles. The van der Waals surface area contributed by atoms with Gasteiger partial charge in [0.05, 0.1) is 25.7 Å². The molecule has 29 heavy (non-hydrogen) atoms. The summed E-state index contributed by atoms with van der Waals surface area (Å²) in [5, 5.41) is 22.6. The van der Waals surface area contributed by atoms with Gasteiger partial charge in [0.15, 0.2) is 0 Å². The average molecular weight is 409 g/mol. The Morgan fingerprint density at radius 1 is 1.10 bits per heavy atom. The molecule has 1 aromatic rings. The van der Waals surface area contributed by atoms with Crippen LogP contribution in [0.25, 0.3) is 0 Å². The molecule has 2 aliphatic rings. The molecule has 2 aliphatic heterocycles. The van der Waals surface area contributed by atoms with E-state index in [9.17, 15) is 14.7 Å². The van der Waals surface area contributed by atoms with E-state index in [1.54, 1.807) is 0 Å². The van der Waals surface area contributed by atoms with Gasteiger partial charge in [-0.25, -0.2) is 4.79 Å². The summed E-state index contributed by atoms with van der Waals surface area (Å²) in [5.74, 6) is -0.446. The van der Waals surface area contributed by atoms with Crippen molar-refractivity contribution in [1.29, 1.82) is 0 Å². The van der Waals surface area contributed by atoms with Crippen LogP contribution in [0.3, 0.4) is 0 Å². The Kier molecular flexibility index (Phi) is 9.21. The van der Waals surface area contributed by atoms with Gasteiger partial charge in [-0.3, -0.25) is 5.32 Å². The van der Waals surface area contributed by atoms with Gasteiger partial charge in [0.1, 0.15) is 0 Å². The fourth-order valence-electron chi connectivity index (χ4n) is 2.69. The van der Waals surface area contributed by atoms with Crippen LogP contribution in [-0.4, -0.2) is 91.0 Å². The molecule has 0 saturated carbocycles. The van der Waals surface area contributed by atoms with Crippen molar-refractivity contribution < 1.29 is 29.9 Å². The van der Waals surface area contributed by atoms with E-state index in [4.69, 9.17) is 9.84 Å². The second-order valence-electron chi connectivity index (χ2n) is 6.23. The van der Waals surface area contributed by atoms with E-state index in [2.05, 4.69) is 42.3 Å². The minimum atomic E-state index is -1.51. The van der Waals surface area contributed by atoms with Crippen molar-refractivity contribution in [3.63, 3.8) is 0 Å². The number of carbonyl (C=O) groups is 2. The molecule has 4 N–H and O–H groups in total. The Bertz CT molecular complexity index is 651. The van der Waals surface area contributed by atoms with Crippen LogP contribution in [0.4, 0.5) is 17.8 Å². The highest BCUT2D eigenvalue weighted by atomic mass is 16.5. The van der Waals surface area contributed by atoms with E-state index in [0.717, 1.165) is 76.9 Å². The third kappa shape index (κ3) is 7.97. The number of aromatic nitrogens is 3. The normalized spacial score (nSPS) is 17.0. The maximum atomic E-state index is 9.53. The number of carbonyl (C=O) groups excluding carboxylic acids is 1. The van der Waals surface area contributed by atoms with Gasteiger partial charge in [-0.15, -0.1) is 9.97 Å². The highest BCUT2D eigenvalue weighted by molar-refractivity contribution is 5.88. The zero-order valence-electron chi connectivity index (χ0n) is 16.4. The molecule has 1 aromatic heterocycles. The smallest absolute Gasteiger partial charge is 0.332 e. The monoisotopic (exact) mass is 409 g/mol. The summed E-state index contributed by atoms with van der Waals surface area (Å²) in [7, 11) is 0. The van der Waals surface area contributed by atoms with Crippen LogP contribution < -0.4 is 25.5 Å². The van der Waals surface area contributed by atoms with Crippen LogP contribution >= 0.6 is 0 Å². The maximum Gasteiger partial charge on any atom is 0.332 e. The number of nitrogens with one attached hydrogen (secondary N) is 1. The molecule has 160 valence electrons. The molecule has 0 aliphatic carbocycles. The Morgan fingerprint density at radius 3 is 2.17 bits per heavy atom. The lowest BCUT2D eigenvalue weighted by Gasteiger charge is -2.30. The first kappa shape index (κ1) is 22.5. The minimum Gasteiger partial charge on any atom is -0.545 e. The largest absolute Gasteiger partial charge is 0.545 e. The first-order chi connectivity index (χ1) is 14.0. The third-order valence-corrected chi connectivity index (χ3v) is 4.07. The van der Waals surface area contributed by atoms with E-state index >= 15 is 0 Å². The summed E-state index contributed by atoms with van der Waals surface area (Å²) in [6, 6.07) is 0. The van der Waals surface area contributed by atoms with Gasteiger partial charge in [-0.2, -0.15) is 4.98 Å². The quantitative estimate of drug-likeness (QED) is 0.404. The Hall–Kier alpha value is -2.83. The third-order valence-electron chi connectivity index (χ3n) is 4.07. The molecule has 2 saturated heterocycles. The van der Waals surface area contributed by atoms with Crippen molar-refractivity contribution in [3.8, 4) is 0 Å². The van der Waals surface area contributed by atoms with E-state index in [1.807, 2.05) is 0 Å². The van der Waals surface area contributed by atoms with Crippen LogP contribution in [0.5, 0.6) is 0 Å². The van der Waals surface area contributed by atoms with Crippen LogP contribution in [0.1, 0.15) is 6.92 Å². The van der Waals surface area contributed by atoms with E-state index < -0.39 is 11.9 Å². The highest BCUT2D eigenvalue weighted by Crippen LogP contribution is 2.16. The fraction of sp³-hybridized carbons (Fsp3) is 0.588. The maximum absolute atomic E-state index is 9.53. The molecule has 0 spiro atoms. The Morgan fingerprint density at radius 2 is 1.69 bits per heavy atom. The molecule has 12 nitrogen and oxygen atoms in total. The molecule has 12 heteroatoms. The van der Waals surface area contributed by atoms with Crippen molar-refractivity contribution in [2.45, 2.75) is 6.92 Å². The summed E-state index contributed by atoms with van der Waals surface area (Å²) in [6.45, 7) is 10.0. The second kappa shape index (κ2) is 11.9. The Balaban J connectivity index is 0.000000321. The molecule has 0 unspecified atom stereocenters. The van der Waals surface area contributed by atoms with Gasteiger partial charge in [-0.05, 0) is 13.0 Å². The summed E-state index contributed by atoms with van der Waals surface area (Å²) >= 11 is 0. The van der Waals surface area contributed by atoms with Gasteiger partial charge in [0, 0.05) is 45.3 Å². The Labute approximate surface area is 168 Å². The van der Waals surface area contributed by atoms with Gasteiger partial charge in [-0.1, -0.05) is 0 Å².